The third-order valence-corrected chi connectivity index (χ3v) is 7.75. The molecule has 0 spiro atoms. The molecule has 4 rings (SSSR count). The van der Waals surface area contributed by atoms with Crippen LogP contribution in [0, 0.1) is 5.92 Å². The Hall–Kier alpha value is -2.00. The van der Waals surface area contributed by atoms with Crippen molar-refractivity contribution in [1.29, 1.82) is 0 Å². The lowest BCUT2D eigenvalue weighted by atomic mass is 9.89. The van der Waals surface area contributed by atoms with Gasteiger partial charge in [0.15, 0.2) is 5.82 Å². The zero-order chi connectivity index (χ0) is 23.8. The Morgan fingerprint density at radius 2 is 1.76 bits per heavy atom. The van der Waals surface area contributed by atoms with Crippen LogP contribution >= 0.6 is 0 Å². The van der Waals surface area contributed by atoms with Crippen LogP contribution in [-0.2, 0) is 26.3 Å². The SMILES string of the molecule is CC(=O)NC1(c2noc(CCC(=O)N3CCC(CCN4CCOCC4)CC3)n2)CCCCCC1. The largest absolute Gasteiger partial charge is 0.379 e. The van der Waals surface area contributed by atoms with E-state index < -0.39 is 5.54 Å². The zero-order valence-electron chi connectivity index (χ0n) is 20.7. The third kappa shape index (κ3) is 6.78. The van der Waals surface area contributed by atoms with Crippen molar-refractivity contribution in [2.24, 2.45) is 5.92 Å². The maximum absolute atomic E-state index is 12.8. The van der Waals surface area contributed by atoms with E-state index in [4.69, 9.17) is 9.26 Å². The average molecular weight is 476 g/mol. The highest BCUT2D eigenvalue weighted by Crippen LogP contribution is 2.34. The molecule has 0 atom stereocenters. The van der Waals surface area contributed by atoms with E-state index in [0.717, 1.165) is 97.3 Å². The van der Waals surface area contributed by atoms with Crippen LogP contribution < -0.4 is 5.32 Å². The molecule has 3 heterocycles. The standard InChI is InChI=1S/C25H41N5O4/c1-20(31)27-25(11-4-2-3-5-12-25)24-26-22(34-28-24)6-7-23(32)30-14-9-21(10-15-30)8-13-29-16-18-33-19-17-29/h21H,2-19H2,1H3,(H,27,31). The molecule has 1 aromatic heterocycles. The van der Waals surface area contributed by atoms with E-state index in [2.05, 4.69) is 20.4 Å². The van der Waals surface area contributed by atoms with E-state index in [0.29, 0.717) is 30.5 Å². The van der Waals surface area contributed by atoms with Crippen LogP contribution in [0.4, 0.5) is 0 Å². The summed E-state index contributed by atoms with van der Waals surface area (Å²) in [6.45, 7) is 8.15. The highest BCUT2D eigenvalue weighted by atomic mass is 16.5. The van der Waals surface area contributed by atoms with Crippen LogP contribution in [0.25, 0.3) is 0 Å². The van der Waals surface area contributed by atoms with Crippen molar-refractivity contribution in [3.8, 4) is 0 Å². The molecule has 2 aliphatic heterocycles. The minimum atomic E-state index is -0.544. The topological polar surface area (TPSA) is 101 Å². The smallest absolute Gasteiger partial charge is 0.227 e. The van der Waals surface area contributed by atoms with Crippen molar-refractivity contribution in [2.45, 2.75) is 83.1 Å². The number of likely N-dealkylation sites (tertiary alicyclic amines) is 1. The molecule has 34 heavy (non-hydrogen) atoms. The zero-order valence-corrected chi connectivity index (χ0v) is 20.7. The molecule has 9 nitrogen and oxygen atoms in total. The summed E-state index contributed by atoms with van der Waals surface area (Å²) in [5, 5.41) is 7.34. The number of morpholine rings is 1. The fourth-order valence-electron chi connectivity index (χ4n) is 5.66. The Kier molecular flexibility index (Phi) is 8.94. The molecule has 0 bridgehead atoms. The Bertz CT molecular complexity index is 791. The molecule has 0 aromatic carbocycles. The highest BCUT2D eigenvalue weighted by Gasteiger charge is 2.38. The summed E-state index contributed by atoms with van der Waals surface area (Å²) in [4.78, 5) is 33.8. The van der Waals surface area contributed by atoms with Crippen LogP contribution in [0.2, 0.25) is 0 Å². The number of carbonyl (C=O) groups is 2. The number of piperidine rings is 1. The minimum absolute atomic E-state index is 0.0724. The Morgan fingerprint density at radius 3 is 2.44 bits per heavy atom. The molecule has 3 aliphatic rings. The molecular formula is C25H41N5O4. The molecule has 2 saturated heterocycles. The van der Waals surface area contributed by atoms with E-state index in [1.54, 1.807) is 0 Å². The molecule has 1 aromatic rings. The number of nitrogens with zero attached hydrogens (tertiary/aromatic N) is 4. The van der Waals surface area contributed by atoms with Crippen molar-refractivity contribution in [2.75, 3.05) is 45.9 Å². The summed E-state index contributed by atoms with van der Waals surface area (Å²) >= 11 is 0. The van der Waals surface area contributed by atoms with E-state index in [1.165, 1.54) is 13.3 Å². The number of hydrogen-bond donors (Lipinski definition) is 1. The minimum Gasteiger partial charge on any atom is -0.379 e. The molecule has 0 radical (unpaired) electrons. The van der Waals surface area contributed by atoms with Gasteiger partial charge in [-0.1, -0.05) is 30.8 Å². The first-order valence-electron chi connectivity index (χ1n) is 13.2. The van der Waals surface area contributed by atoms with Gasteiger partial charge in [0.25, 0.3) is 0 Å². The number of amides is 2. The first kappa shape index (κ1) is 25.1. The van der Waals surface area contributed by atoms with Gasteiger partial charge in [-0.2, -0.15) is 4.98 Å². The normalized spacial score (nSPS) is 22.3. The van der Waals surface area contributed by atoms with Gasteiger partial charge in [-0.3, -0.25) is 14.5 Å². The number of aromatic nitrogens is 2. The van der Waals surface area contributed by atoms with E-state index in [9.17, 15) is 9.59 Å². The van der Waals surface area contributed by atoms with Gasteiger partial charge < -0.3 is 19.5 Å². The fraction of sp³-hybridized carbons (Fsp3) is 0.840. The lowest BCUT2D eigenvalue weighted by Crippen LogP contribution is -2.45. The summed E-state index contributed by atoms with van der Waals surface area (Å²) in [6.07, 6.45) is 10.2. The lowest BCUT2D eigenvalue weighted by molar-refractivity contribution is -0.132. The number of rotatable bonds is 8. The van der Waals surface area contributed by atoms with Crippen LogP contribution in [0.5, 0.6) is 0 Å². The predicted octanol–water partition coefficient (Wildman–Crippen LogP) is 2.65. The summed E-state index contributed by atoms with van der Waals surface area (Å²) < 4.78 is 10.9. The number of carbonyl (C=O) groups excluding carboxylic acids is 2. The first-order chi connectivity index (χ1) is 16.5. The lowest BCUT2D eigenvalue weighted by Gasteiger charge is -2.34. The second kappa shape index (κ2) is 12.1. The maximum Gasteiger partial charge on any atom is 0.227 e. The average Bonchev–Trinajstić information content (AvgIpc) is 3.22. The number of hydrogen-bond acceptors (Lipinski definition) is 7. The van der Waals surface area contributed by atoms with E-state index in [-0.39, 0.29) is 11.8 Å². The molecule has 9 heteroatoms. The van der Waals surface area contributed by atoms with Gasteiger partial charge in [0.1, 0.15) is 5.54 Å². The second-order valence-electron chi connectivity index (χ2n) is 10.3. The Labute approximate surface area is 202 Å². The van der Waals surface area contributed by atoms with Crippen molar-refractivity contribution < 1.29 is 18.8 Å². The maximum atomic E-state index is 12.8. The van der Waals surface area contributed by atoms with Crippen molar-refractivity contribution in [3.05, 3.63) is 11.7 Å². The van der Waals surface area contributed by atoms with Gasteiger partial charge in [-0.15, -0.1) is 0 Å². The Morgan fingerprint density at radius 1 is 1.06 bits per heavy atom. The first-order valence-corrected chi connectivity index (χ1v) is 13.2. The molecule has 3 fully saturated rings. The highest BCUT2D eigenvalue weighted by molar-refractivity contribution is 5.76. The molecule has 1 saturated carbocycles. The summed E-state index contributed by atoms with van der Waals surface area (Å²) in [5.41, 5.74) is -0.544. The molecule has 1 aliphatic carbocycles. The molecule has 190 valence electrons. The predicted molar refractivity (Wildman–Crippen MR) is 127 cm³/mol. The van der Waals surface area contributed by atoms with Gasteiger partial charge in [0, 0.05) is 45.9 Å². The van der Waals surface area contributed by atoms with Gasteiger partial charge >= 0.3 is 0 Å². The summed E-state index contributed by atoms with van der Waals surface area (Å²) in [7, 11) is 0. The van der Waals surface area contributed by atoms with E-state index in [1.807, 2.05) is 4.90 Å². The second-order valence-corrected chi connectivity index (χ2v) is 10.3. The van der Waals surface area contributed by atoms with Crippen molar-refractivity contribution in [1.82, 2.24) is 25.3 Å². The molecule has 1 N–H and O–H groups in total. The molecule has 0 unspecified atom stereocenters. The Balaban J connectivity index is 1.22. The van der Waals surface area contributed by atoms with Gasteiger partial charge in [-0.05, 0) is 44.6 Å². The number of ether oxygens (including phenoxy) is 1. The fourth-order valence-corrected chi connectivity index (χ4v) is 5.66. The quantitative estimate of drug-likeness (QED) is 0.577. The van der Waals surface area contributed by atoms with Crippen LogP contribution in [0.1, 0.15) is 82.8 Å². The summed E-state index contributed by atoms with van der Waals surface area (Å²) in [5.74, 6) is 1.84. The van der Waals surface area contributed by atoms with E-state index >= 15 is 0 Å². The van der Waals surface area contributed by atoms with Crippen molar-refractivity contribution >= 4 is 11.8 Å². The van der Waals surface area contributed by atoms with Crippen LogP contribution in [-0.4, -0.2) is 77.7 Å². The van der Waals surface area contributed by atoms with Crippen LogP contribution in [0.15, 0.2) is 4.52 Å². The monoisotopic (exact) mass is 475 g/mol. The summed E-state index contributed by atoms with van der Waals surface area (Å²) in [6, 6.07) is 0. The number of nitrogens with one attached hydrogen (secondary N) is 1. The molecular weight excluding hydrogens is 434 g/mol. The number of aryl methyl sites for hydroxylation is 1. The van der Waals surface area contributed by atoms with Crippen LogP contribution in [0.3, 0.4) is 0 Å². The third-order valence-electron chi connectivity index (χ3n) is 7.75. The van der Waals surface area contributed by atoms with Crippen molar-refractivity contribution in [3.63, 3.8) is 0 Å². The van der Waals surface area contributed by atoms with Gasteiger partial charge in [0.05, 0.1) is 13.2 Å². The molecule has 2 amide bonds. The van der Waals surface area contributed by atoms with Gasteiger partial charge in [-0.25, -0.2) is 0 Å². The van der Waals surface area contributed by atoms with Gasteiger partial charge in [0.2, 0.25) is 17.7 Å².